The molecule has 6 nitrogen and oxygen atoms in total. The van der Waals surface area contributed by atoms with Gasteiger partial charge < -0.3 is 16.5 Å². The van der Waals surface area contributed by atoms with Crippen LogP contribution in [0, 0.1) is 0 Å². The molecule has 3 rings (SSSR count). The number of nitrogens with zero attached hydrogens (tertiary/aromatic N) is 1. The van der Waals surface area contributed by atoms with Crippen LogP contribution in [-0.2, 0) is 5.41 Å². The average Bonchev–Trinajstić information content (AvgIpc) is 2.74. The number of carbonyl (C=O) groups excluding carboxylic acids is 2. The number of benzene rings is 3. The van der Waals surface area contributed by atoms with Gasteiger partial charge in [-0.05, 0) is 52.9 Å². The molecule has 0 bridgehead atoms. The van der Waals surface area contributed by atoms with Crippen LogP contribution in [0.15, 0.2) is 77.9 Å². The lowest BCUT2D eigenvalue weighted by Crippen LogP contribution is -2.18. The fraction of sp³-hybridized carbons (Fsp3) is 0.160. The van der Waals surface area contributed by atoms with Gasteiger partial charge in [-0.2, -0.15) is 5.10 Å². The van der Waals surface area contributed by atoms with E-state index in [1.54, 1.807) is 54.6 Å². The highest BCUT2D eigenvalue weighted by molar-refractivity contribution is 6.12. The van der Waals surface area contributed by atoms with Crippen LogP contribution in [0.5, 0.6) is 0 Å². The number of anilines is 2. The zero-order valence-electron chi connectivity index (χ0n) is 18.3. The minimum atomic E-state index is -0.333. The Bertz CT molecular complexity index is 1120. The van der Waals surface area contributed by atoms with Crippen LogP contribution in [-0.4, -0.2) is 18.0 Å². The fourth-order valence-corrected chi connectivity index (χ4v) is 3.09. The second kappa shape index (κ2) is 10.6. The third-order valence-electron chi connectivity index (χ3n) is 4.80. The summed E-state index contributed by atoms with van der Waals surface area (Å²) < 4.78 is 0. The fourth-order valence-electron chi connectivity index (χ4n) is 3.09. The van der Waals surface area contributed by atoms with Crippen molar-refractivity contribution in [2.45, 2.75) is 26.2 Å². The van der Waals surface area contributed by atoms with E-state index in [9.17, 15) is 9.59 Å². The molecule has 0 fully saturated rings. The Hall–Kier alpha value is -3.64. The molecular formula is C25H27ClN4O2. The Labute approximate surface area is 194 Å². The van der Waals surface area contributed by atoms with Crippen molar-refractivity contribution < 1.29 is 9.59 Å². The SMILES string of the molecule is CC(C)(C)c1ccc(C(=O)Nc2ccccc2C(=O)Nc2cccc(C=NN)c2)cc1.Cl. The van der Waals surface area contributed by atoms with Crippen molar-refractivity contribution in [3.8, 4) is 0 Å². The van der Waals surface area contributed by atoms with Crippen molar-refractivity contribution in [3.05, 3.63) is 95.1 Å². The lowest BCUT2D eigenvalue weighted by molar-refractivity contribution is 0.102. The van der Waals surface area contributed by atoms with E-state index in [2.05, 4.69) is 36.5 Å². The molecule has 3 aromatic carbocycles. The summed E-state index contributed by atoms with van der Waals surface area (Å²) in [4.78, 5) is 25.6. The Morgan fingerprint density at radius 3 is 2.22 bits per heavy atom. The van der Waals surface area contributed by atoms with E-state index in [1.807, 2.05) is 18.2 Å². The Morgan fingerprint density at radius 1 is 0.875 bits per heavy atom. The average molecular weight is 451 g/mol. The maximum absolute atomic E-state index is 12.9. The Balaban J connectivity index is 0.00000363. The Kier molecular flexibility index (Phi) is 8.15. The molecule has 7 heteroatoms. The van der Waals surface area contributed by atoms with Crippen LogP contribution in [0.2, 0.25) is 0 Å². The lowest BCUT2D eigenvalue weighted by Gasteiger charge is -2.19. The summed E-state index contributed by atoms with van der Waals surface area (Å²) in [5.74, 6) is 4.58. The maximum Gasteiger partial charge on any atom is 0.257 e. The highest BCUT2D eigenvalue weighted by Gasteiger charge is 2.16. The number of nitrogens with two attached hydrogens (primary N) is 1. The molecule has 0 aliphatic heterocycles. The first kappa shape index (κ1) is 24.6. The molecular weight excluding hydrogens is 424 g/mol. The number of hydrogen-bond acceptors (Lipinski definition) is 4. The molecule has 0 aromatic heterocycles. The zero-order chi connectivity index (χ0) is 22.4. The number of amides is 2. The molecule has 0 heterocycles. The van der Waals surface area contributed by atoms with E-state index >= 15 is 0 Å². The van der Waals surface area contributed by atoms with Crippen LogP contribution >= 0.6 is 12.4 Å². The topological polar surface area (TPSA) is 96.6 Å². The van der Waals surface area contributed by atoms with Gasteiger partial charge >= 0.3 is 0 Å². The number of hydrogen-bond donors (Lipinski definition) is 3. The largest absolute Gasteiger partial charge is 0.323 e. The van der Waals surface area contributed by atoms with Crippen LogP contribution in [0.3, 0.4) is 0 Å². The second-order valence-corrected chi connectivity index (χ2v) is 8.18. The van der Waals surface area contributed by atoms with Gasteiger partial charge in [0.2, 0.25) is 0 Å². The summed E-state index contributed by atoms with van der Waals surface area (Å²) in [5, 5.41) is 9.18. The number of carbonyl (C=O) groups is 2. The van der Waals surface area contributed by atoms with Gasteiger partial charge in [0, 0.05) is 11.3 Å². The molecule has 3 aromatic rings. The normalized spacial score (nSPS) is 11.0. The van der Waals surface area contributed by atoms with E-state index in [4.69, 9.17) is 5.84 Å². The van der Waals surface area contributed by atoms with Gasteiger partial charge in [0.1, 0.15) is 0 Å². The zero-order valence-corrected chi connectivity index (χ0v) is 19.1. The highest BCUT2D eigenvalue weighted by Crippen LogP contribution is 2.23. The lowest BCUT2D eigenvalue weighted by atomic mass is 9.86. The van der Waals surface area contributed by atoms with Crippen LogP contribution in [0.1, 0.15) is 52.6 Å². The number of nitrogens with one attached hydrogen (secondary N) is 2. The molecule has 32 heavy (non-hydrogen) atoms. The third-order valence-corrected chi connectivity index (χ3v) is 4.80. The van der Waals surface area contributed by atoms with Crippen LogP contribution in [0.4, 0.5) is 11.4 Å². The van der Waals surface area contributed by atoms with E-state index < -0.39 is 0 Å². The number of rotatable bonds is 5. The van der Waals surface area contributed by atoms with Gasteiger partial charge in [-0.1, -0.05) is 57.2 Å². The summed E-state index contributed by atoms with van der Waals surface area (Å²) in [6, 6.07) is 21.5. The summed E-state index contributed by atoms with van der Waals surface area (Å²) in [7, 11) is 0. The van der Waals surface area contributed by atoms with Crippen molar-refractivity contribution >= 4 is 41.8 Å². The van der Waals surface area contributed by atoms with Crippen molar-refractivity contribution in [1.29, 1.82) is 0 Å². The minimum absolute atomic E-state index is 0. The van der Waals surface area contributed by atoms with Crippen LogP contribution in [0.25, 0.3) is 0 Å². The van der Waals surface area contributed by atoms with Gasteiger partial charge in [-0.15, -0.1) is 12.4 Å². The number of para-hydroxylation sites is 1. The molecule has 0 atom stereocenters. The van der Waals surface area contributed by atoms with E-state index in [0.29, 0.717) is 22.5 Å². The summed E-state index contributed by atoms with van der Waals surface area (Å²) in [5.41, 5.74) is 3.83. The highest BCUT2D eigenvalue weighted by atomic mass is 35.5. The van der Waals surface area contributed by atoms with E-state index in [-0.39, 0.29) is 29.6 Å². The summed E-state index contributed by atoms with van der Waals surface area (Å²) in [6.45, 7) is 6.36. The molecule has 0 spiro atoms. The predicted octanol–water partition coefficient (Wildman–Crippen LogP) is 5.20. The van der Waals surface area contributed by atoms with Gasteiger partial charge in [-0.3, -0.25) is 9.59 Å². The molecule has 0 aliphatic rings. The van der Waals surface area contributed by atoms with Gasteiger partial charge in [0.05, 0.1) is 17.5 Å². The van der Waals surface area contributed by atoms with Gasteiger partial charge in [-0.25, -0.2) is 0 Å². The molecule has 4 N–H and O–H groups in total. The van der Waals surface area contributed by atoms with E-state index in [0.717, 1.165) is 11.1 Å². The van der Waals surface area contributed by atoms with Gasteiger partial charge in [0.25, 0.3) is 11.8 Å². The van der Waals surface area contributed by atoms with E-state index in [1.165, 1.54) is 6.21 Å². The summed E-state index contributed by atoms with van der Waals surface area (Å²) >= 11 is 0. The first-order chi connectivity index (χ1) is 14.8. The maximum atomic E-state index is 12.9. The van der Waals surface area contributed by atoms with Crippen molar-refractivity contribution in [2.75, 3.05) is 10.6 Å². The second-order valence-electron chi connectivity index (χ2n) is 8.18. The standard InChI is InChI=1S/C25H26N4O2.ClH/c1-25(2,3)19-13-11-18(12-14-19)23(30)29-22-10-5-4-9-21(22)24(31)28-20-8-6-7-17(15-20)16-27-26;/h4-16H,26H2,1-3H3,(H,28,31)(H,29,30);1H. The minimum Gasteiger partial charge on any atom is -0.323 e. The van der Waals surface area contributed by atoms with Crippen molar-refractivity contribution in [1.82, 2.24) is 0 Å². The Morgan fingerprint density at radius 2 is 1.56 bits per heavy atom. The smallest absolute Gasteiger partial charge is 0.257 e. The van der Waals surface area contributed by atoms with Crippen LogP contribution < -0.4 is 16.5 Å². The monoisotopic (exact) mass is 450 g/mol. The van der Waals surface area contributed by atoms with Crippen molar-refractivity contribution in [2.24, 2.45) is 10.9 Å². The van der Waals surface area contributed by atoms with Crippen molar-refractivity contribution in [3.63, 3.8) is 0 Å². The molecule has 0 unspecified atom stereocenters. The summed E-state index contributed by atoms with van der Waals surface area (Å²) in [6.07, 6.45) is 1.49. The molecule has 0 saturated carbocycles. The number of halogens is 1. The quantitative estimate of drug-likeness (QED) is 0.283. The third kappa shape index (κ3) is 6.18. The van der Waals surface area contributed by atoms with Gasteiger partial charge in [0.15, 0.2) is 0 Å². The molecule has 0 radical (unpaired) electrons. The first-order valence-electron chi connectivity index (χ1n) is 9.93. The molecule has 0 aliphatic carbocycles. The molecule has 166 valence electrons. The molecule has 2 amide bonds. The molecule has 0 saturated heterocycles. The predicted molar refractivity (Wildman–Crippen MR) is 133 cm³/mol. The number of hydrazone groups is 1. The first-order valence-corrected chi connectivity index (χ1v) is 9.93.